The number of para-hydroxylation sites is 1. The summed E-state index contributed by atoms with van der Waals surface area (Å²) in [5.41, 5.74) is 9.80. The lowest BCUT2D eigenvalue weighted by Crippen LogP contribution is -2.01. The third kappa shape index (κ3) is 4.89. The van der Waals surface area contributed by atoms with Crippen LogP contribution in [-0.4, -0.2) is 19.9 Å². The first-order chi connectivity index (χ1) is 26.7. The maximum absolute atomic E-state index is 6.59. The van der Waals surface area contributed by atoms with Crippen molar-refractivity contribution in [3.05, 3.63) is 170 Å². The molecule has 4 heterocycles. The lowest BCUT2D eigenvalue weighted by molar-refractivity contribution is 0.655. The molecule has 11 aromatic rings. The number of pyridine rings is 1. The van der Waals surface area contributed by atoms with E-state index in [0.717, 1.165) is 82.4 Å². The van der Waals surface area contributed by atoms with E-state index in [4.69, 9.17) is 23.8 Å². The van der Waals surface area contributed by atoms with E-state index < -0.39 is 0 Å². The summed E-state index contributed by atoms with van der Waals surface area (Å²) in [4.78, 5) is 20.3. The monoisotopic (exact) mass is 692 g/mol. The molecule has 0 unspecified atom stereocenters. The summed E-state index contributed by atoms with van der Waals surface area (Å²) in [6.07, 6.45) is 1.76. The van der Waals surface area contributed by atoms with Gasteiger partial charge in [-0.25, -0.2) is 19.9 Å². The van der Waals surface area contributed by atoms with Crippen molar-refractivity contribution in [3.8, 4) is 56.4 Å². The fourth-order valence-corrected chi connectivity index (χ4v) is 7.64. The Morgan fingerprint density at radius 1 is 0.370 bits per heavy atom. The Balaban J connectivity index is 1.16. The number of rotatable bonds is 5. The van der Waals surface area contributed by atoms with Gasteiger partial charge in [0.2, 0.25) is 5.71 Å². The van der Waals surface area contributed by atoms with Gasteiger partial charge in [0.15, 0.2) is 17.5 Å². The molecule has 252 valence electrons. The highest BCUT2D eigenvalue weighted by Crippen LogP contribution is 2.42. The van der Waals surface area contributed by atoms with Crippen molar-refractivity contribution in [3.63, 3.8) is 0 Å². The van der Waals surface area contributed by atoms with Gasteiger partial charge in [-0.05, 0) is 69.9 Å². The molecule has 6 heteroatoms. The lowest BCUT2D eigenvalue weighted by Gasteiger charge is -2.12. The fourth-order valence-electron chi connectivity index (χ4n) is 7.64. The molecule has 0 fully saturated rings. The van der Waals surface area contributed by atoms with Crippen molar-refractivity contribution in [1.82, 2.24) is 19.9 Å². The first-order valence-electron chi connectivity index (χ1n) is 17.9. The van der Waals surface area contributed by atoms with E-state index in [1.165, 1.54) is 5.56 Å². The highest BCUT2D eigenvalue weighted by molar-refractivity contribution is 6.15. The van der Waals surface area contributed by atoms with Crippen LogP contribution < -0.4 is 0 Å². The molecule has 0 atom stereocenters. The number of benzene rings is 7. The first-order valence-corrected chi connectivity index (χ1v) is 17.9. The minimum Gasteiger partial charge on any atom is -0.456 e. The van der Waals surface area contributed by atoms with Gasteiger partial charge < -0.3 is 8.83 Å². The Labute approximate surface area is 309 Å². The topological polar surface area (TPSA) is 77.8 Å². The van der Waals surface area contributed by atoms with Crippen molar-refractivity contribution < 1.29 is 8.83 Å². The van der Waals surface area contributed by atoms with Gasteiger partial charge in [0.1, 0.15) is 16.7 Å². The van der Waals surface area contributed by atoms with Crippen LogP contribution in [0.15, 0.2) is 179 Å². The summed E-state index contributed by atoms with van der Waals surface area (Å²) in [5.74, 6) is 1.67. The van der Waals surface area contributed by atoms with Crippen LogP contribution in [-0.2, 0) is 0 Å². The lowest BCUT2D eigenvalue weighted by atomic mass is 9.96. The zero-order valence-electron chi connectivity index (χ0n) is 28.8. The van der Waals surface area contributed by atoms with Crippen molar-refractivity contribution in [2.45, 2.75) is 0 Å². The molecule has 0 aliphatic carbocycles. The minimum absolute atomic E-state index is 0.537. The zero-order chi connectivity index (χ0) is 35.6. The van der Waals surface area contributed by atoms with E-state index in [0.29, 0.717) is 23.2 Å². The molecule has 0 radical (unpaired) electrons. The molecule has 11 rings (SSSR count). The van der Waals surface area contributed by atoms with E-state index in [9.17, 15) is 0 Å². The molecular formula is C48H28N4O2. The fraction of sp³-hybridized carbons (Fsp3) is 0. The number of nitrogens with zero attached hydrogens (tertiary/aromatic N) is 4. The largest absolute Gasteiger partial charge is 0.456 e. The van der Waals surface area contributed by atoms with Crippen LogP contribution in [0.25, 0.3) is 111 Å². The maximum Gasteiger partial charge on any atom is 0.227 e. The van der Waals surface area contributed by atoms with Gasteiger partial charge in [-0.15, -0.1) is 0 Å². The molecule has 0 aliphatic heterocycles. The van der Waals surface area contributed by atoms with E-state index in [1.807, 2.05) is 60.7 Å². The van der Waals surface area contributed by atoms with Crippen molar-refractivity contribution in [1.29, 1.82) is 0 Å². The standard InChI is InChI=1S/C48H28N4O2/c1-2-10-29(11-3-1)31-19-22-32(23-20-31)35-25-26-38(43-39-16-9-27-49-48(39)54-44(35)43)47-51-45(34-24-21-30-12-4-5-13-33(30)28-34)50-46(52-47)37-15-8-18-41-42(37)36-14-6-7-17-40(36)53-41/h1-28H. The number of hydrogen-bond donors (Lipinski definition) is 0. The molecule has 0 aliphatic rings. The number of hydrogen-bond acceptors (Lipinski definition) is 6. The molecule has 0 spiro atoms. The normalized spacial score (nSPS) is 11.7. The Morgan fingerprint density at radius 2 is 1.02 bits per heavy atom. The number of aromatic nitrogens is 4. The predicted molar refractivity (Wildman–Crippen MR) is 217 cm³/mol. The second-order valence-electron chi connectivity index (χ2n) is 13.4. The molecule has 0 bridgehead atoms. The maximum atomic E-state index is 6.59. The number of furan rings is 2. The summed E-state index contributed by atoms with van der Waals surface area (Å²) >= 11 is 0. The SMILES string of the molecule is c1ccc(-c2ccc(-c3ccc(-c4nc(-c5ccc6ccccc6c5)nc(-c5cccc6oc7ccccc7c56)n4)c4c3oc3ncccc34)cc2)cc1. The quantitative estimate of drug-likeness (QED) is 0.179. The van der Waals surface area contributed by atoms with Crippen LogP contribution in [0.4, 0.5) is 0 Å². The Kier molecular flexibility index (Phi) is 6.75. The zero-order valence-corrected chi connectivity index (χ0v) is 28.8. The molecule has 6 nitrogen and oxygen atoms in total. The molecule has 0 saturated carbocycles. The van der Waals surface area contributed by atoms with Crippen molar-refractivity contribution in [2.75, 3.05) is 0 Å². The summed E-state index contributed by atoms with van der Waals surface area (Å²) in [7, 11) is 0. The van der Waals surface area contributed by atoms with Crippen molar-refractivity contribution in [2.24, 2.45) is 0 Å². The summed E-state index contributed by atoms with van der Waals surface area (Å²) in [5, 5.41) is 6.02. The Hall–Kier alpha value is -7.44. The van der Waals surface area contributed by atoms with Gasteiger partial charge in [-0.3, -0.25) is 0 Å². The minimum atomic E-state index is 0.537. The third-order valence-corrected chi connectivity index (χ3v) is 10.2. The molecular weight excluding hydrogens is 665 g/mol. The van der Waals surface area contributed by atoms with E-state index in [2.05, 4.69) is 108 Å². The predicted octanol–water partition coefficient (Wildman–Crippen LogP) is 12.6. The van der Waals surface area contributed by atoms with Crippen LogP contribution in [0.5, 0.6) is 0 Å². The number of fused-ring (bicyclic) bond motifs is 7. The first kappa shape index (κ1) is 30.2. The van der Waals surface area contributed by atoms with E-state index >= 15 is 0 Å². The highest BCUT2D eigenvalue weighted by Gasteiger charge is 2.22. The van der Waals surface area contributed by atoms with Gasteiger partial charge in [-0.2, -0.15) is 0 Å². The van der Waals surface area contributed by atoms with E-state index in [-0.39, 0.29) is 0 Å². The van der Waals surface area contributed by atoms with Crippen LogP contribution in [0.1, 0.15) is 0 Å². The summed E-state index contributed by atoms with van der Waals surface area (Å²) in [6.45, 7) is 0. The average Bonchev–Trinajstić information content (AvgIpc) is 3.83. The van der Waals surface area contributed by atoms with Gasteiger partial charge in [0.25, 0.3) is 0 Å². The van der Waals surface area contributed by atoms with Gasteiger partial charge >= 0.3 is 0 Å². The molecule has 54 heavy (non-hydrogen) atoms. The molecule has 4 aromatic heterocycles. The van der Waals surface area contributed by atoms with Gasteiger partial charge in [-0.1, -0.05) is 121 Å². The molecule has 7 aromatic carbocycles. The molecule has 0 amide bonds. The van der Waals surface area contributed by atoms with Crippen LogP contribution in [0, 0.1) is 0 Å². The second kappa shape index (κ2) is 12.1. The van der Waals surface area contributed by atoms with Crippen LogP contribution in [0.2, 0.25) is 0 Å². The van der Waals surface area contributed by atoms with Crippen LogP contribution >= 0.6 is 0 Å². The van der Waals surface area contributed by atoms with Gasteiger partial charge in [0.05, 0.1) is 0 Å². The smallest absolute Gasteiger partial charge is 0.227 e. The second-order valence-corrected chi connectivity index (χ2v) is 13.4. The summed E-state index contributed by atoms with van der Waals surface area (Å²) in [6, 6.07) is 55.9. The van der Waals surface area contributed by atoms with Crippen LogP contribution in [0.3, 0.4) is 0 Å². The Morgan fingerprint density at radius 3 is 1.89 bits per heavy atom. The Bertz CT molecular complexity index is 3220. The average molecular weight is 693 g/mol. The molecule has 0 saturated heterocycles. The highest BCUT2D eigenvalue weighted by atomic mass is 16.3. The van der Waals surface area contributed by atoms with Gasteiger partial charge in [0, 0.05) is 50.0 Å². The van der Waals surface area contributed by atoms with Crippen molar-refractivity contribution >= 4 is 54.8 Å². The summed E-state index contributed by atoms with van der Waals surface area (Å²) < 4.78 is 12.9. The van der Waals surface area contributed by atoms with E-state index in [1.54, 1.807) is 6.20 Å². The third-order valence-electron chi connectivity index (χ3n) is 10.2. The molecule has 0 N–H and O–H groups in total.